The Morgan fingerprint density at radius 2 is 2.00 bits per heavy atom. The lowest BCUT2D eigenvalue weighted by molar-refractivity contribution is -0.129. The molecule has 0 spiro atoms. The Labute approximate surface area is 99.4 Å². The maximum atomic E-state index is 11.7. The molecule has 0 radical (unpaired) electrons. The van der Waals surface area contributed by atoms with Gasteiger partial charge >= 0.3 is 0 Å². The second kappa shape index (κ2) is 4.14. The van der Waals surface area contributed by atoms with Crippen molar-refractivity contribution in [1.29, 1.82) is 0 Å². The molecule has 2 rings (SSSR count). The zero-order valence-corrected chi connectivity index (χ0v) is 11.1. The second-order valence-corrected chi connectivity index (χ2v) is 6.38. The van der Waals surface area contributed by atoms with Gasteiger partial charge in [-0.05, 0) is 25.2 Å². The predicted octanol–water partition coefficient (Wildman–Crippen LogP) is 2.86. The van der Waals surface area contributed by atoms with Crippen molar-refractivity contribution in [2.45, 2.75) is 65.5 Å². The van der Waals surface area contributed by atoms with Gasteiger partial charge in [-0.25, -0.2) is 0 Å². The van der Waals surface area contributed by atoms with Crippen LogP contribution in [0.3, 0.4) is 0 Å². The van der Waals surface area contributed by atoms with Crippen LogP contribution in [-0.2, 0) is 4.79 Å². The topological polar surface area (TPSA) is 20.3 Å². The van der Waals surface area contributed by atoms with E-state index in [2.05, 4.69) is 32.6 Å². The van der Waals surface area contributed by atoms with Crippen LogP contribution in [0.2, 0.25) is 0 Å². The molecule has 1 saturated carbocycles. The van der Waals surface area contributed by atoms with E-state index >= 15 is 0 Å². The summed E-state index contributed by atoms with van der Waals surface area (Å²) < 4.78 is 0. The number of Topliss-reactive ketones (excluding diaryl/α,β-unsaturated/α-hetero) is 1. The number of ketones is 1. The summed E-state index contributed by atoms with van der Waals surface area (Å²) in [7, 11) is 0. The molecule has 0 aromatic carbocycles. The van der Waals surface area contributed by atoms with Gasteiger partial charge in [-0.1, -0.05) is 27.2 Å². The molecule has 2 aliphatic rings. The minimum Gasteiger partial charge on any atom is -0.299 e. The van der Waals surface area contributed by atoms with Gasteiger partial charge in [0.2, 0.25) is 0 Å². The number of likely N-dealkylation sites (tertiary alicyclic amines) is 1. The number of rotatable bonds is 1. The second-order valence-electron chi connectivity index (χ2n) is 6.38. The molecule has 3 unspecified atom stereocenters. The van der Waals surface area contributed by atoms with E-state index in [0.29, 0.717) is 23.3 Å². The normalized spacial score (nSPS) is 40.2. The van der Waals surface area contributed by atoms with Gasteiger partial charge in [0.05, 0.1) is 0 Å². The van der Waals surface area contributed by atoms with Crippen molar-refractivity contribution in [2.24, 2.45) is 11.3 Å². The summed E-state index contributed by atoms with van der Waals surface area (Å²) in [6.07, 6.45) is 4.77. The number of hydrogen-bond donors (Lipinski definition) is 0. The lowest BCUT2D eigenvalue weighted by Crippen LogP contribution is -2.54. The van der Waals surface area contributed by atoms with E-state index in [1.54, 1.807) is 0 Å². The van der Waals surface area contributed by atoms with E-state index in [0.717, 1.165) is 13.0 Å². The van der Waals surface area contributed by atoms with Crippen LogP contribution >= 0.6 is 0 Å². The van der Waals surface area contributed by atoms with Crippen LogP contribution in [-0.4, -0.2) is 29.3 Å². The van der Waals surface area contributed by atoms with E-state index < -0.39 is 0 Å². The van der Waals surface area contributed by atoms with Crippen LogP contribution in [0.15, 0.2) is 0 Å². The Balaban J connectivity index is 2.13. The fraction of sp³-hybridized carbons (Fsp3) is 0.929. The van der Waals surface area contributed by atoms with Crippen molar-refractivity contribution in [2.75, 3.05) is 6.54 Å². The van der Waals surface area contributed by atoms with Crippen LogP contribution in [0, 0.1) is 11.3 Å². The Hall–Kier alpha value is -0.370. The average Bonchev–Trinajstić information content (AvgIpc) is 2.55. The van der Waals surface area contributed by atoms with Crippen LogP contribution in [0.4, 0.5) is 0 Å². The van der Waals surface area contributed by atoms with Crippen LogP contribution < -0.4 is 0 Å². The molecule has 92 valence electrons. The fourth-order valence-electron chi connectivity index (χ4n) is 3.59. The van der Waals surface area contributed by atoms with Crippen LogP contribution in [0.1, 0.15) is 53.4 Å². The molecule has 0 bridgehead atoms. The molecular formula is C14H25NO. The summed E-state index contributed by atoms with van der Waals surface area (Å²) in [6.45, 7) is 10.1. The van der Waals surface area contributed by atoms with Gasteiger partial charge in [-0.3, -0.25) is 9.69 Å². The summed E-state index contributed by atoms with van der Waals surface area (Å²) in [5.41, 5.74) is 0.439. The van der Waals surface area contributed by atoms with Crippen molar-refractivity contribution >= 4 is 5.78 Å². The Bertz CT molecular complexity index is 284. The van der Waals surface area contributed by atoms with E-state index in [-0.39, 0.29) is 5.92 Å². The molecule has 0 N–H and O–H groups in total. The molecule has 1 heterocycles. The lowest BCUT2D eigenvalue weighted by Gasteiger charge is -2.45. The number of nitrogens with zero attached hydrogens (tertiary/aromatic N) is 1. The van der Waals surface area contributed by atoms with Crippen molar-refractivity contribution in [3.8, 4) is 0 Å². The third-order valence-electron chi connectivity index (χ3n) is 4.97. The molecule has 1 aliphatic heterocycles. The maximum Gasteiger partial charge on any atom is 0.138 e. The van der Waals surface area contributed by atoms with Gasteiger partial charge in [0.15, 0.2) is 0 Å². The molecule has 3 atom stereocenters. The molecule has 2 fully saturated rings. The first-order valence-electron chi connectivity index (χ1n) is 6.72. The number of carbonyl (C=O) groups is 1. The van der Waals surface area contributed by atoms with E-state index in [1.165, 1.54) is 19.3 Å². The molecule has 0 aromatic rings. The highest BCUT2D eigenvalue weighted by Crippen LogP contribution is 2.42. The molecule has 1 aliphatic carbocycles. The highest BCUT2D eigenvalue weighted by molar-refractivity contribution is 5.82. The first-order chi connectivity index (χ1) is 7.43. The Morgan fingerprint density at radius 3 is 2.56 bits per heavy atom. The van der Waals surface area contributed by atoms with E-state index in [1.807, 2.05) is 0 Å². The first-order valence-corrected chi connectivity index (χ1v) is 6.72. The zero-order valence-electron chi connectivity index (χ0n) is 11.1. The van der Waals surface area contributed by atoms with E-state index in [4.69, 9.17) is 0 Å². The van der Waals surface area contributed by atoms with Gasteiger partial charge in [0, 0.05) is 31.0 Å². The van der Waals surface area contributed by atoms with Gasteiger partial charge in [0.1, 0.15) is 5.78 Å². The predicted molar refractivity (Wildman–Crippen MR) is 66.4 cm³/mol. The molecule has 0 amide bonds. The molecule has 2 heteroatoms. The van der Waals surface area contributed by atoms with Crippen molar-refractivity contribution in [3.05, 3.63) is 0 Å². The van der Waals surface area contributed by atoms with Crippen molar-refractivity contribution < 1.29 is 4.79 Å². The summed E-state index contributed by atoms with van der Waals surface area (Å²) in [6, 6.07) is 1.13. The molecule has 2 nitrogen and oxygen atoms in total. The van der Waals surface area contributed by atoms with Crippen molar-refractivity contribution in [3.63, 3.8) is 0 Å². The SMILES string of the molecule is CC1C(=O)CCN(C2CCCC2(C)C)C1C. The van der Waals surface area contributed by atoms with Crippen molar-refractivity contribution in [1.82, 2.24) is 4.90 Å². The Kier molecular flexibility index (Phi) is 3.13. The molecule has 0 aromatic heterocycles. The smallest absolute Gasteiger partial charge is 0.138 e. The summed E-state index contributed by atoms with van der Waals surface area (Å²) >= 11 is 0. The minimum atomic E-state index is 0.227. The Morgan fingerprint density at radius 1 is 1.31 bits per heavy atom. The van der Waals surface area contributed by atoms with Gasteiger partial charge in [-0.15, -0.1) is 0 Å². The highest BCUT2D eigenvalue weighted by atomic mass is 16.1. The largest absolute Gasteiger partial charge is 0.299 e. The third-order valence-corrected chi connectivity index (χ3v) is 4.97. The summed E-state index contributed by atoms with van der Waals surface area (Å²) in [5, 5.41) is 0. The zero-order chi connectivity index (χ0) is 11.9. The van der Waals surface area contributed by atoms with Gasteiger partial charge in [0.25, 0.3) is 0 Å². The third kappa shape index (κ3) is 1.92. The highest BCUT2D eigenvalue weighted by Gasteiger charge is 2.43. The van der Waals surface area contributed by atoms with Gasteiger partial charge in [-0.2, -0.15) is 0 Å². The van der Waals surface area contributed by atoms with Crippen LogP contribution in [0.25, 0.3) is 0 Å². The average molecular weight is 223 g/mol. The molecule has 16 heavy (non-hydrogen) atoms. The quantitative estimate of drug-likeness (QED) is 0.681. The van der Waals surface area contributed by atoms with E-state index in [9.17, 15) is 4.79 Å². The number of piperidine rings is 1. The lowest BCUT2D eigenvalue weighted by atomic mass is 9.82. The molecule has 1 saturated heterocycles. The number of hydrogen-bond acceptors (Lipinski definition) is 2. The first kappa shape index (κ1) is 12.1. The standard InChI is InChI=1S/C14H25NO/c1-10-11(2)15(9-7-12(10)16)13-6-5-8-14(13,3)4/h10-11,13H,5-9H2,1-4H3. The minimum absolute atomic E-state index is 0.227. The summed E-state index contributed by atoms with van der Waals surface area (Å²) in [4.78, 5) is 14.3. The van der Waals surface area contributed by atoms with Crippen LogP contribution in [0.5, 0.6) is 0 Å². The number of carbonyl (C=O) groups excluding carboxylic acids is 1. The fourth-order valence-corrected chi connectivity index (χ4v) is 3.59. The monoisotopic (exact) mass is 223 g/mol. The molecular weight excluding hydrogens is 198 g/mol. The van der Waals surface area contributed by atoms with Gasteiger partial charge < -0.3 is 0 Å². The maximum absolute atomic E-state index is 11.7. The summed E-state index contributed by atoms with van der Waals surface area (Å²) in [5.74, 6) is 0.685.